The molecule has 0 bridgehead atoms. The fourth-order valence-corrected chi connectivity index (χ4v) is 3.58. The van der Waals surface area contributed by atoms with E-state index < -0.39 is 0 Å². The molecule has 0 spiro atoms. The zero-order valence-electron chi connectivity index (χ0n) is 19.1. The first-order valence-corrected chi connectivity index (χ1v) is 10.6. The van der Waals surface area contributed by atoms with E-state index in [-0.39, 0.29) is 16.8 Å². The van der Waals surface area contributed by atoms with Gasteiger partial charge in [0.2, 0.25) is 5.43 Å². The van der Waals surface area contributed by atoms with Crippen LogP contribution in [-0.2, 0) is 11.3 Å². The van der Waals surface area contributed by atoms with Gasteiger partial charge in [0.15, 0.2) is 5.78 Å². The van der Waals surface area contributed by atoms with Crippen LogP contribution in [0.25, 0.3) is 10.9 Å². The molecule has 1 heterocycles. The van der Waals surface area contributed by atoms with Crippen LogP contribution >= 0.6 is 0 Å². The fraction of sp³-hybridized carbons (Fsp3) is 0.214. The number of methoxy groups -OCH3 is 1. The molecular weight excluding hydrogens is 398 g/mol. The summed E-state index contributed by atoms with van der Waals surface area (Å²) >= 11 is 0. The first kappa shape index (κ1) is 23.2. The summed E-state index contributed by atoms with van der Waals surface area (Å²) in [5.74, 6) is -0.255. The molecule has 0 N–H and O–H groups in total. The van der Waals surface area contributed by atoms with Crippen LogP contribution in [0.5, 0.6) is 0 Å². The second-order valence-corrected chi connectivity index (χ2v) is 8.11. The van der Waals surface area contributed by atoms with Crippen molar-refractivity contribution >= 4 is 16.7 Å². The molecule has 0 aliphatic rings. The van der Waals surface area contributed by atoms with Gasteiger partial charge in [-0.15, -0.1) is 0 Å². The lowest BCUT2D eigenvalue weighted by molar-refractivity contribution is 0.103. The summed E-state index contributed by atoms with van der Waals surface area (Å²) in [6.07, 6.45) is 7.53. The third-order valence-corrected chi connectivity index (χ3v) is 5.46. The maximum absolute atomic E-state index is 13.3. The minimum Gasteiger partial charge on any atom is -0.380 e. The number of rotatable bonds is 8. The van der Waals surface area contributed by atoms with Crippen molar-refractivity contribution in [2.75, 3.05) is 13.7 Å². The number of aromatic nitrogens is 1. The molecular formula is C28H29NO3. The van der Waals surface area contributed by atoms with Crippen molar-refractivity contribution in [1.29, 1.82) is 0 Å². The lowest BCUT2D eigenvalue weighted by atomic mass is 9.98. The van der Waals surface area contributed by atoms with Crippen molar-refractivity contribution in [1.82, 2.24) is 4.57 Å². The van der Waals surface area contributed by atoms with Gasteiger partial charge in [0.05, 0.1) is 17.7 Å². The van der Waals surface area contributed by atoms with E-state index in [1.54, 1.807) is 25.4 Å². The number of allylic oxidation sites excluding steroid dienone is 3. The number of carbonyl (C=O) groups excluding carboxylic acids is 1. The average Bonchev–Trinajstić information content (AvgIpc) is 2.77. The highest BCUT2D eigenvalue weighted by Gasteiger charge is 2.17. The first-order valence-electron chi connectivity index (χ1n) is 10.6. The molecule has 164 valence electrons. The molecule has 0 unspecified atom stereocenters. The summed E-state index contributed by atoms with van der Waals surface area (Å²) in [4.78, 5) is 26.4. The summed E-state index contributed by atoms with van der Waals surface area (Å²) in [5, 5.41) is 0.541. The Morgan fingerprint density at radius 2 is 1.88 bits per heavy atom. The van der Waals surface area contributed by atoms with E-state index in [0.29, 0.717) is 24.1 Å². The average molecular weight is 428 g/mol. The van der Waals surface area contributed by atoms with Crippen LogP contribution in [0.15, 0.2) is 89.4 Å². The third-order valence-electron chi connectivity index (χ3n) is 5.46. The summed E-state index contributed by atoms with van der Waals surface area (Å²) in [6.45, 7) is 10.9. The molecule has 0 atom stereocenters. The Hall–Kier alpha value is -3.50. The predicted molar refractivity (Wildman–Crippen MR) is 131 cm³/mol. The van der Waals surface area contributed by atoms with Crippen LogP contribution in [0, 0.1) is 13.8 Å². The van der Waals surface area contributed by atoms with Crippen molar-refractivity contribution in [3.8, 4) is 0 Å². The molecule has 4 heteroatoms. The van der Waals surface area contributed by atoms with Gasteiger partial charge in [-0.2, -0.15) is 0 Å². The Balaban J connectivity index is 2.02. The summed E-state index contributed by atoms with van der Waals surface area (Å²) in [7, 11) is 1.64. The molecule has 0 aliphatic carbocycles. The number of hydrogen-bond donors (Lipinski definition) is 0. The molecule has 2 aromatic carbocycles. The third kappa shape index (κ3) is 5.21. The highest BCUT2D eigenvalue weighted by atomic mass is 16.5. The van der Waals surface area contributed by atoms with Crippen LogP contribution in [0.1, 0.15) is 34.0 Å². The standard InChI is InChI=1S/C28H29NO3/c1-19(9-8-10-20(2)18-32-5)16-29-17-25(28(31)24-11-6-7-12-26(24)29)27(30)23-14-13-21(3)22(4)15-23/h6-15,17H,2,16,18H2,1,3-5H3/b10-8-,19-9+. The number of aryl methyl sites for hydroxylation is 2. The SMILES string of the molecule is C=C(/C=C\C=C(/C)Cn1cc(C(=O)c2ccc(C)c(C)c2)c(=O)c2ccccc21)COC. The van der Waals surface area contributed by atoms with Gasteiger partial charge in [-0.1, -0.05) is 54.6 Å². The largest absolute Gasteiger partial charge is 0.380 e. The minimum absolute atomic E-state index is 0.184. The fourth-order valence-electron chi connectivity index (χ4n) is 3.58. The van der Waals surface area contributed by atoms with Crippen molar-refractivity contribution in [3.05, 3.63) is 117 Å². The number of para-hydroxylation sites is 1. The molecule has 0 fully saturated rings. The Labute approximate surface area is 189 Å². The molecule has 3 rings (SSSR count). The van der Waals surface area contributed by atoms with Crippen LogP contribution in [0.4, 0.5) is 0 Å². The lowest BCUT2D eigenvalue weighted by Gasteiger charge is -2.14. The number of benzene rings is 2. The highest BCUT2D eigenvalue weighted by Crippen LogP contribution is 2.18. The summed E-state index contributed by atoms with van der Waals surface area (Å²) in [6, 6.07) is 13.0. The Morgan fingerprint density at radius 1 is 1.12 bits per heavy atom. The van der Waals surface area contributed by atoms with Crippen LogP contribution in [-0.4, -0.2) is 24.1 Å². The van der Waals surface area contributed by atoms with Crippen LogP contribution in [0.3, 0.4) is 0 Å². The van der Waals surface area contributed by atoms with Crippen molar-refractivity contribution in [2.45, 2.75) is 27.3 Å². The minimum atomic E-state index is -0.255. The topological polar surface area (TPSA) is 48.3 Å². The van der Waals surface area contributed by atoms with Gasteiger partial charge in [0, 0.05) is 30.8 Å². The smallest absolute Gasteiger partial charge is 0.200 e. The Bertz CT molecular complexity index is 1290. The number of hydrogen-bond acceptors (Lipinski definition) is 3. The zero-order valence-corrected chi connectivity index (χ0v) is 19.1. The molecule has 4 nitrogen and oxygen atoms in total. The molecule has 1 aromatic heterocycles. The quantitative estimate of drug-likeness (QED) is 0.350. The second-order valence-electron chi connectivity index (χ2n) is 8.11. The maximum Gasteiger partial charge on any atom is 0.200 e. The van der Waals surface area contributed by atoms with Gasteiger partial charge in [-0.25, -0.2) is 0 Å². The number of fused-ring (bicyclic) bond motifs is 1. The highest BCUT2D eigenvalue weighted by molar-refractivity contribution is 6.10. The Morgan fingerprint density at radius 3 is 2.59 bits per heavy atom. The normalized spacial score (nSPS) is 11.9. The van der Waals surface area contributed by atoms with Gasteiger partial charge >= 0.3 is 0 Å². The number of ether oxygens (including phenoxy) is 1. The van der Waals surface area contributed by atoms with E-state index in [1.807, 2.05) is 73.9 Å². The van der Waals surface area contributed by atoms with Crippen molar-refractivity contribution < 1.29 is 9.53 Å². The van der Waals surface area contributed by atoms with Crippen molar-refractivity contribution in [3.63, 3.8) is 0 Å². The van der Waals surface area contributed by atoms with Crippen LogP contribution < -0.4 is 5.43 Å². The molecule has 0 aliphatic heterocycles. The van der Waals surface area contributed by atoms with Gasteiger partial charge < -0.3 is 9.30 Å². The van der Waals surface area contributed by atoms with E-state index >= 15 is 0 Å². The molecule has 0 saturated carbocycles. The van der Waals surface area contributed by atoms with Crippen LogP contribution in [0.2, 0.25) is 0 Å². The maximum atomic E-state index is 13.3. The lowest BCUT2D eigenvalue weighted by Crippen LogP contribution is -2.20. The van der Waals surface area contributed by atoms with Gasteiger partial charge in [-0.05, 0) is 55.7 Å². The van der Waals surface area contributed by atoms with Gasteiger partial charge in [0.1, 0.15) is 0 Å². The Kier molecular flexibility index (Phi) is 7.39. The summed E-state index contributed by atoms with van der Waals surface area (Å²) < 4.78 is 7.03. The molecule has 0 amide bonds. The van der Waals surface area contributed by atoms with Crippen molar-refractivity contribution in [2.24, 2.45) is 0 Å². The van der Waals surface area contributed by atoms with E-state index in [0.717, 1.165) is 27.8 Å². The van der Waals surface area contributed by atoms with E-state index in [9.17, 15) is 9.59 Å². The second kappa shape index (κ2) is 10.2. The number of carbonyl (C=O) groups is 1. The molecule has 0 radical (unpaired) electrons. The van der Waals surface area contributed by atoms with E-state index in [4.69, 9.17) is 4.74 Å². The number of nitrogens with zero attached hydrogens (tertiary/aromatic N) is 1. The van der Waals surface area contributed by atoms with Gasteiger partial charge in [-0.3, -0.25) is 9.59 Å². The molecule has 32 heavy (non-hydrogen) atoms. The molecule has 3 aromatic rings. The number of pyridine rings is 1. The molecule has 0 saturated heterocycles. The first-order chi connectivity index (χ1) is 15.3. The number of ketones is 1. The van der Waals surface area contributed by atoms with E-state index in [1.165, 1.54) is 0 Å². The van der Waals surface area contributed by atoms with E-state index in [2.05, 4.69) is 6.58 Å². The zero-order chi connectivity index (χ0) is 23.3. The summed E-state index contributed by atoms with van der Waals surface area (Å²) in [5.41, 5.74) is 5.36. The monoisotopic (exact) mass is 427 g/mol. The predicted octanol–water partition coefficient (Wildman–Crippen LogP) is 5.55. The van der Waals surface area contributed by atoms with Gasteiger partial charge in [0.25, 0.3) is 0 Å².